The highest BCUT2D eigenvalue weighted by Crippen LogP contribution is 2.30. The monoisotopic (exact) mass is 288 g/mol. The molecule has 0 atom stereocenters. The number of amides is 1. The summed E-state index contributed by atoms with van der Waals surface area (Å²) in [5.41, 5.74) is 0.943. The van der Waals surface area contributed by atoms with Gasteiger partial charge in [0.1, 0.15) is 11.6 Å². The minimum absolute atomic E-state index is 0.143. The van der Waals surface area contributed by atoms with Crippen molar-refractivity contribution in [3.63, 3.8) is 0 Å². The third-order valence-corrected chi connectivity index (χ3v) is 3.43. The second kappa shape index (κ2) is 5.60. The summed E-state index contributed by atoms with van der Waals surface area (Å²) in [7, 11) is 0. The predicted molar refractivity (Wildman–Crippen MR) is 73.5 cm³/mol. The van der Waals surface area contributed by atoms with Crippen molar-refractivity contribution in [2.45, 2.75) is 25.4 Å². The molecule has 5 heteroatoms. The van der Waals surface area contributed by atoms with Crippen molar-refractivity contribution >= 4 is 5.91 Å². The van der Waals surface area contributed by atoms with Crippen molar-refractivity contribution in [1.82, 2.24) is 9.88 Å². The van der Waals surface area contributed by atoms with Crippen LogP contribution in [0.2, 0.25) is 0 Å². The van der Waals surface area contributed by atoms with Gasteiger partial charge in [-0.2, -0.15) is 0 Å². The van der Waals surface area contributed by atoms with Crippen LogP contribution >= 0.6 is 0 Å². The highest BCUT2D eigenvalue weighted by molar-refractivity contribution is 5.94. The molecule has 108 valence electrons. The summed E-state index contributed by atoms with van der Waals surface area (Å²) in [6.07, 6.45) is 4.94. The molecule has 1 amide bonds. The van der Waals surface area contributed by atoms with Crippen LogP contribution in [0, 0.1) is 11.6 Å². The van der Waals surface area contributed by atoms with Crippen molar-refractivity contribution in [1.29, 1.82) is 0 Å². The Hall–Kier alpha value is -2.30. The fraction of sp³-hybridized carbons (Fsp3) is 0.250. The van der Waals surface area contributed by atoms with Gasteiger partial charge in [-0.05, 0) is 42.7 Å². The maximum absolute atomic E-state index is 13.3. The molecular formula is C16H14F2N2O. The van der Waals surface area contributed by atoms with E-state index in [1.54, 1.807) is 23.2 Å². The van der Waals surface area contributed by atoms with E-state index < -0.39 is 11.6 Å². The third kappa shape index (κ3) is 3.24. The van der Waals surface area contributed by atoms with Crippen LogP contribution in [-0.2, 0) is 6.54 Å². The van der Waals surface area contributed by atoms with Gasteiger partial charge in [-0.15, -0.1) is 0 Å². The molecular weight excluding hydrogens is 274 g/mol. The van der Waals surface area contributed by atoms with E-state index in [1.165, 1.54) is 18.3 Å². The zero-order valence-corrected chi connectivity index (χ0v) is 11.3. The van der Waals surface area contributed by atoms with E-state index in [1.807, 2.05) is 0 Å². The van der Waals surface area contributed by atoms with Gasteiger partial charge in [0.25, 0.3) is 5.91 Å². The molecule has 21 heavy (non-hydrogen) atoms. The molecule has 0 unspecified atom stereocenters. The zero-order valence-electron chi connectivity index (χ0n) is 11.3. The maximum Gasteiger partial charge on any atom is 0.255 e. The van der Waals surface area contributed by atoms with Crippen LogP contribution in [0.15, 0.2) is 42.7 Å². The van der Waals surface area contributed by atoms with Crippen LogP contribution in [0.5, 0.6) is 0 Å². The van der Waals surface area contributed by atoms with Crippen LogP contribution in [-0.4, -0.2) is 21.8 Å². The Balaban J connectivity index is 1.83. The van der Waals surface area contributed by atoms with Crippen LogP contribution < -0.4 is 0 Å². The molecule has 1 aromatic heterocycles. The summed E-state index contributed by atoms with van der Waals surface area (Å²) in [4.78, 5) is 18.1. The second-order valence-corrected chi connectivity index (χ2v) is 5.18. The minimum atomic E-state index is -0.630. The first-order chi connectivity index (χ1) is 10.1. The predicted octanol–water partition coefficient (Wildman–Crippen LogP) is 3.16. The van der Waals surface area contributed by atoms with Gasteiger partial charge in [0.2, 0.25) is 0 Å². The lowest BCUT2D eigenvalue weighted by Gasteiger charge is -2.22. The summed E-state index contributed by atoms with van der Waals surface area (Å²) in [5, 5.41) is 0. The molecule has 0 aliphatic heterocycles. The summed E-state index contributed by atoms with van der Waals surface area (Å²) >= 11 is 0. The van der Waals surface area contributed by atoms with Gasteiger partial charge in [0.15, 0.2) is 0 Å². The largest absolute Gasteiger partial charge is 0.331 e. The molecule has 1 aliphatic carbocycles. The number of halogens is 2. The lowest BCUT2D eigenvalue weighted by molar-refractivity contribution is 0.0729. The van der Waals surface area contributed by atoms with Crippen LogP contribution in [0.1, 0.15) is 28.8 Å². The second-order valence-electron chi connectivity index (χ2n) is 5.18. The maximum atomic E-state index is 13.3. The smallest absolute Gasteiger partial charge is 0.255 e. The molecule has 0 radical (unpaired) electrons. The third-order valence-electron chi connectivity index (χ3n) is 3.43. The topological polar surface area (TPSA) is 33.2 Å². The molecule has 1 heterocycles. The SMILES string of the molecule is O=C(c1cccnc1)N(Cc1cc(F)cc(F)c1)C1CC1. The van der Waals surface area contributed by atoms with Crippen molar-refractivity contribution < 1.29 is 13.6 Å². The van der Waals surface area contributed by atoms with Gasteiger partial charge >= 0.3 is 0 Å². The van der Waals surface area contributed by atoms with Gasteiger partial charge in [-0.1, -0.05) is 0 Å². The Bertz CT molecular complexity index is 636. The first-order valence-corrected chi connectivity index (χ1v) is 6.79. The fourth-order valence-electron chi connectivity index (χ4n) is 2.31. The van der Waals surface area contributed by atoms with Crippen LogP contribution in [0.3, 0.4) is 0 Å². The molecule has 3 rings (SSSR count). The Kier molecular flexibility index (Phi) is 3.64. The average Bonchev–Trinajstić information content (AvgIpc) is 3.28. The standard InChI is InChI=1S/C16H14F2N2O/c17-13-6-11(7-14(18)8-13)10-20(15-3-4-15)16(21)12-2-1-5-19-9-12/h1-2,5-9,15H,3-4,10H2. The Morgan fingerprint density at radius 3 is 2.52 bits per heavy atom. The van der Waals surface area contributed by atoms with E-state index in [2.05, 4.69) is 4.98 Å². The molecule has 2 aromatic rings. The zero-order chi connectivity index (χ0) is 14.8. The lowest BCUT2D eigenvalue weighted by Crippen LogP contribution is -2.32. The molecule has 1 aliphatic rings. The van der Waals surface area contributed by atoms with E-state index in [4.69, 9.17) is 0 Å². The molecule has 0 spiro atoms. The van der Waals surface area contributed by atoms with Crippen molar-refractivity contribution in [3.05, 3.63) is 65.5 Å². The Morgan fingerprint density at radius 1 is 1.24 bits per heavy atom. The number of benzene rings is 1. The van der Waals surface area contributed by atoms with E-state index in [0.29, 0.717) is 11.1 Å². The summed E-state index contributed by atoms with van der Waals surface area (Å²) in [5.74, 6) is -1.42. The van der Waals surface area contributed by atoms with Gasteiger partial charge in [-0.3, -0.25) is 9.78 Å². The van der Waals surface area contributed by atoms with Crippen molar-refractivity contribution in [3.8, 4) is 0 Å². The van der Waals surface area contributed by atoms with E-state index in [-0.39, 0.29) is 18.5 Å². The highest BCUT2D eigenvalue weighted by Gasteiger charge is 2.33. The minimum Gasteiger partial charge on any atom is -0.331 e. The summed E-state index contributed by atoms with van der Waals surface area (Å²) in [6.45, 7) is 0.201. The number of nitrogens with zero attached hydrogens (tertiary/aromatic N) is 2. The quantitative estimate of drug-likeness (QED) is 0.865. The van der Waals surface area contributed by atoms with Gasteiger partial charge < -0.3 is 4.90 Å². The number of hydrogen-bond acceptors (Lipinski definition) is 2. The van der Waals surface area contributed by atoms with Crippen LogP contribution in [0.4, 0.5) is 8.78 Å². The molecule has 3 nitrogen and oxygen atoms in total. The van der Waals surface area contributed by atoms with Crippen molar-refractivity contribution in [2.75, 3.05) is 0 Å². The van der Waals surface area contributed by atoms with E-state index in [0.717, 1.165) is 18.9 Å². The number of pyridine rings is 1. The number of carbonyl (C=O) groups is 1. The van der Waals surface area contributed by atoms with Gasteiger partial charge in [0.05, 0.1) is 5.56 Å². The van der Waals surface area contributed by atoms with Gasteiger partial charge in [0, 0.05) is 31.0 Å². The lowest BCUT2D eigenvalue weighted by atomic mass is 10.1. The average molecular weight is 288 g/mol. The van der Waals surface area contributed by atoms with Crippen molar-refractivity contribution in [2.24, 2.45) is 0 Å². The summed E-state index contributed by atoms with van der Waals surface area (Å²) in [6, 6.07) is 6.87. The Morgan fingerprint density at radius 2 is 1.95 bits per heavy atom. The molecule has 0 bridgehead atoms. The molecule has 1 saturated carbocycles. The highest BCUT2D eigenvalue weighted by atomic mass is 19.1. The Labute approximate surface area is 121 Å². The number of carbonyl (C=O) groups excluding carboxylic acids is 1. The number of hydrogen-bond donors (Lipinski definition) is 0. The first-order valence-electron chi connectivity index (χ1n) is 6.79. The van der Waals surface area contributed by atoms with Crippen LogP contribution in [0.25, 0.3) is 0 Å². The normalized spacial score (nSPS) is 14.0. The van der Waals surface area contributed by atoms with Gasteiger partial charge in [-0.25, -0.2) is 8.78 Å². The molecule has 0 saturated heterocycles. The number of rotatable bonds is 4. The van der Waals surface area contributed by atoms with E-state index in [9.17, 15) is 13.6 Å². The molecule has 0 N–H and O–H groups in total. The molecule has 1 fully saturated rings. The fourth-order valence-corrected chi connectivity index (χ4v) is 2.31. The first kappa shape index (κ1) is 13.7. The van der Waals surface area contributed by atoms with E-state index >= 15 is 0 Å². The number of aromatic nitrogens is 1. The summed E-state index contributed by atoms with van der Waals surface area (Å²) < 4.78 is 26.5. The molecule has 1 aromatic carbocycles.